The molecule has 13 heteroatoms. The number of hydrogen-bond acceptors (Lipinski definition) is 7. The molecule has 2 heterocycles. The number of aromatic nitrogens is 4. The molecule has 1 unspecified atom stereocenters. The standard InChI is InChI=1S/C16H17F3N5O3PS/c17-16(18,19)8-28(25,26)10-27-7-6-24-9-21-12-13(24)22-15(20)23-14(12)29-11-4-2-1-3-5-11/h1-5,9H,6-8,10H2,(H,25,26)(H2,20,22,23). The highest BCUT2D eigenvalue weighted by Crippen LogP contribution is 2.45. The Balaban J connectivity index is 1.67. The molecule has 3 rings (SSSR count). The van der Waals surface area contributed by atoms with E-state index >= 15 is 0 Å². The van der Waals surface area contributed by atoms with Crippen molar-refractivity contribution in [3.63, 3.8) is 0 Å². The van der Waals surface area contributed by atoms with E-state index in [9.17, 15) is 22.6 Å². The number of rotatable bonds is 8. The third kappa shape index (κ3) is 6.17. The molecule has 0 spiro atoms. The lowest BCUT2D eigenvalue weighted by molar-refractivity contribution is -0.108. The average Bonchev–Trinajstić information content (AvgIpc) is 3.00. The summed E-state index contributed by atoms with van der Waals surface area (Å²) in [6.45, 7) is 0.0628. The van der Waals surface area contributed by atoms with Crippen molar-refractivity contribution in [2.45, 2.75) is 22.6 Å². The van der Waals surface area contributed by atoms with Crippen LogP contribution >= 0.6 is 19.1 Å². The molecule has 8 nitrogen and oxygen atoms in total. The highest BCUT2D eigenvalue weighted by atomic mass is 32.2. The van der Waals surface area contributed by atoms with Gasteiger partial charge in [0, 0.05) is 11.4 Å². The van der Waals surface area contributed by atoms with Crippen molar-refractivity contribution in [2.75, 3.05) is 24.9 Å². The maximum atomic E-state index is 12.3. The number of halogens is 3. The first-order valence-corrected chi connectivity index (χ1v) is 11.1. The predicted molar refractivity (Wildman–Crippen MR) is 102 cm³/mol. The Hall–Kier alpha value is -2.14. The van der Waals surface area contributed by atoms with Crippen molar-refractivity contribution in [3.05, 3.63) is 36.7 Å². The molecule has 1 atom stereocenters. The highest BCUT2D eigenvalue weighted by Gasteiger charge is 2.38. The van der Waals surface area contributed by atoms with Gasteiger partial charge in [-0.05, 0) is 12.1 Å². The fraction of sp³-hybridized carbons (Fsp3) is 0.312. The minimum absolute atomic E-state index is 0.0450. The second kappa shape index (κ2) is 8.70. The van der Waals surface area contributed by atoms with Gasteiger partial charge in [-0.1, -0.05) is 30.0 Å². The molecular weight excluding hydrogens is 430 g/mol. The lowest BCUT2D eigenvalue weighted by atomic mass is 10.4. The smallest absolute Gasteiger partial charge is 0.370 e. The number of fused-ring (bicyclic) bond motifs is 1. The molecule has 2 aromatic heterocycles. The molecule has 0 bridgehead atoms. The maximum absolute atomic E-state index is 12.3. The summed E-state index contributed by atoms with van der Waals surface area (Å²) in [5.74, 6) is 0.0450. The number of nitrogens with two attached hydrogens (primary N) is 1. The van der Waals surface area contributed by atoms with Crippen LogP contribution in [0.15, 0.2) is 46.6 Å². The monoisotopic (exact) mass is 447 g/mol. The van der Waals surface area contributed by atoms with E-state index in [1.807, 2.05) is 30.3 Å². The number of nitrogen functional groups attached to an aromatic ring is 1. The molecule has 0 radical (unpaired) electrons. The summed E-state index contributed by atoms with van der Waals surface area (Å²) in [4.78, 5) is 22.9. The minimum Gasteiger partial charge on any atom is -0.370 e. The third-order valence-corrected chi connectivity index (χ3v) is 6.03. The van der Waals surface area contributed by atoms with Crippen LogP contribution in [-0.2, 0) is 15.8 Å². The first kappa shape index (κ1) is 21.6. The Morgan fingerprint density at radius 3 is 2.66 bits per heavy atom. The van der Waals surface area contributed by atoms with Gasteiger partial charge in [0.1, 0.15) is 23.1 Å². The summed E-state index contributed by atoms with van der Waals surface area (Å²) < 4.78 is 54.9. The minimum atomic E-state index is -4.73. The average molecular weight is 447 g/mol. The first-order chi connectivity index (χ1) is 13.6. The molecule has 0 saturated carbocycles. The number of benzene rings is 1. The van der Waals surface area contributed by atoms with E-state index in [1.54, 1.807) is 4.57 Å². The van der Waals surface area contributed by atoms with Crippen molar-refractivity contribution in [1.82, 2.24) is 19.5 Å². The molecule has 29 heavy (non-hydrogen) atoms. The largest absolute Gasteiger partial charge is 0.398 e. The van der Waals surface area contributed by atoms with E-state index in [0.717, 1.165) is 4.90 Å². The number of hydrogen-bond donors (Lipinski definition) is 2. The van der Waals surface area contributed by atoms with E-state index in [0.29, 0.717) is 16.2 Å². The van der Waals surface area contributed by atoms with Crippen LogP contribution < -0.4 is 5.73 Å². The normalized spacial score (nSPS) is 14.2. The fourth-order valence-corrected chi connectivity index (χ4v) is 4.43. The van der Waals surface area contributed by atoms with E-state index in [-0.39, 0.29) is 19.1 Å². The number of anilines is 1. The van der Waals surface area contributed by atoms with Crippen molar-refractivity contribution in [3.8, 4) is 0 Å². The molecule has 0 fully saturated rings. The Morgan fingerprint density at radius 2 is 1.97 bits per heavy atom. The van der Waals surface area contributed by atoms with Gasteiger partial charge in [0.2, 0.25) is 13.3 Å². The summed E-state index contributed by atoms with van der Waals surface area (Å²) in [6, 6.07) is 9.49. The van der Waals surface area contributed by atoms with Gasteiger partial charge in [0.05, 0.1) is 12.9 Å². The summed E-state index contributed by atoms with van der Waals surface area (Å²) in [6.07, 6.45) is -5.91. The molecule has 156 valence electrons. The van der Waals surface area contributed by atoms with E-state index in [4.69, 9.17) is 10.5 Å². The Labute approximate surface area is 167 Å². The molecule has 1 aromatic carbocycles. The van der Waals surface area contributed by atoms with Gasteiger partial charge in [-0.2, -0.15) is 18.2 Å². The van der Waals surface area contributed by atoms with Crippen molar-refractivity contribution >= 4 is 36.2 Å². The molecule has 0 saturated heterocycles. The quantitative estimate of drug-likeness (QED) is 0.307. The van der Waals surface area contributed by atoms with Crippen molar-refractivity contribution in [1.29, 1.82) is 0 Å². The number of alkyl halides is 3. The number of ether oxygens (including phenoxy) is 1. The molecular formula is C16H17F3N5O3PS. The Morgan fingerprint density at radius 1 is 1.24 bits per heavy atom. The van der Waals surface area contributed by atoms with Crippen LogP contribution in [0.2, 0.25) is 0 Å². The second-order valence-electron chi connectivity index (χ2n) is 6.07. The Bertz CT molecular complexity index is 1030. The predicted octanol–water partition coefficient (Wildman–Crippen LogP) is 3.37. The maximum Gasteiger partial charge on any atom is 0.398 e. The van der Waals surface area contributed by atoms with Crippen LogP contribution in [0.25, 0.3) is 11.2 Å². The van der Waals surface area contributed by atoms with Crippen LogP contribution in [0.5, 0.6) is 0 Å². The van der Waals surface area contributed by atoms with Gasteiger partial charge in [0.25, 0.3) is 0 Å². The SMILES string of the molecule is Nc1nc(Sc2ccccc2)c2ncn(CCOCP(=O)(O)CC(F)(F)F)c2n1. The van der Waals surface area contributed by atoms with Gasteiger partial charge in [-0.3, -0.25) is 4.57 Å². The topological polar surface area (TPSA) is 116 Å². The third-order valence-electron chi connectivity index (χ3n) is 3.60. The molecule has 0 aliphatic heterocycles. The molecule has 0 aliphatic rings. The van der Waals surface area contributed by atoms with E-state index in [1.165, 1.54) is 18.1 Å². The van der Waals surface area contributed by atoms with Crippen LogP contribution in [0.4, 0.5) is 19.1 Å². The van der Waals surface area contributed by atoms with Crippen LogP contribution in [-0.4, -0.2) is 49.7 Å². The summed E-state index contributed by atoms with van der Waals surface area (Å²) in [7, 11) is -4.44. The second-order valence-corrected chi connectivity index (χ2v) is 9.40. The zero-order valence-electron chi connectivity index (χ0n) is 14.9. The van der Waals surface area contributed by atoms with Gasteiger partial charge in [-0.15, -0.1) is 0 Å². The van der Waals surface area contributed by atoms with Gasteiger partial charge < -0.3 is 19.9 Å². The van der Waals surface area contributed by atoms with Crippen LogP contribution in [0, 0.1) is 0 Å². The lowest BCUT2D eigenvalue weighted by Gasteiger charge is -2.14. The molecule has 0 amide bonds. The van der Waals surface area contributed by atoms with Crippen molar-refractivity contribution < 1.29 is 27.4 Å². The summed E-state index contributed by atoms with van der Waals surface area (Å²) in [5, 5.41) is 0.559. The van der Waals surface area contributed by atoms with Gasteiger partial charge in [-0.25, -0.2) is 9.97 Å². The van der Waals surface area contributed by atoms with E-state index in [2.05, 4.69) is 15.0 Å². The lowest BCUT2D eigenvalue weighted by Crippen LogP contribution is -2.17. The zero-order valence-corrected chi connectivity index (χ0v) is 16.6. The fourth-order valence-electron chi connectivity index (χ4n) is 2.47. The summed E-state index contributed by atoms with van der Waals surface area (Å²) >= 11 is 1.37. The number of nitrogens with zero attached hydrogens (tertiary/aromatic N) is 4. The van der Waals surface area contributed by atoms with Gasteiger partial charge >= 0.3 is 6.18 Å². The number of imidazole rings is 1. The highest BCUT2D eigenvalue weighted by molar-refractivity contribution is 7.99. The van der Waals surface area contributed by atoms with E-state index < -0.39 is 26.1 Å². The summed E-state index contributed by atoms with van der Waals surface area (Å²) in [5.41, 5.74) is 6.74. The first-order valence-electron chi connectivity index (χ1n) is 8.29. The van der Waals surface area contributed by atoms with Crippen molar-refractivity contribution in [2.24, 2.45) is 0 Å². The molecule has 3 aromatic rings. The molecule has 0 aliphatic carbocycles. The van der Waals surface area contributed by atoms with Crippen LogP contribution in [0.3, 0.4) is 0 Å². The Kier molecular flexibility index (Phi) is 6.47. The zero-order chi connectivity index (χ0) is 21.1. The van der Waals surface area contributed by atoms with Gasteiger partial charge in [0.15, 0.2) is 5.65 Å². The molecule has 3 N–H and O–H groups in total. The van der Waals surface area contributed by atoms with Crippen LogP contribution in [0.1, 0.15) is 0 Å².